The van der Waals surface area contributed by atoms with Gasteiger partial charge < -0.3 is 10.6 Å². The van der Waals surface area contributed by atoms with E-state index in [0.29, 0.717) is 0 Å². The van der Waals surface area contributed by atoms with Crippen LogP contribution in [0.5, 0.6) is 0 Å². The van der Waals surface area contributed by atoms with Gasteiger partial charge in [0.2, 0.25) is 0 Å². The number of para-hydroxylation sites is 1. The van der Waals surface area contributed by atoms with Gasteiger partial charge in [0.05, 0.1) is 11.2 Å². The van der Waals surface area contributed by atoms with Crippen molar-refractivity contribution in [2.24, 2.45) is 0 Å². The highest BCUT2D eigenvalue weighted by Gasteiger charge is 2.17. The summed E-state index contributed by atoms with van der Waals surface area (Å²) in [5.74, 6) is 0.965. The lowest BCUT2D eigenvalue weighted by Gasteiger charge is -2.25. The van der Waals surface area contributed by atoms with Gasteiger partial charge in [-0.3, -0.25) is 0 Å². The van der Waals surface area contributed by atoms with Crippen molar-refractivity contribution in [1.82, 2.24) is 4.98 Å². The molecule has 4 heteroatoms. The van der Waals surface area contributed by atoms with Crippen LogP contribution in [0.2, 0.25) is 0 Å². The number of halogens is 1. The first-order valence-electron chi connectivity index (χ1n) is 7.74. The minimum atomic E-state index is 0. The fourth-order valence-corrected chi connectivity index (χ4v) is 2.87. The molecule has 0 saturated carbocycles. The Bertz CT molecular complexity index is 783. The Kier molecular flexibility index (Phi) is 5.45. The van der Waals surface area contributed by atoms with Crippen LogP contribution in [0.4, 0.5) is 11.5 Å². The van der Waals surface area contributed by atoms with Gasteiger partial charge in [-0.05, 0) is 25.5 Å². The van der Waals surface area contributed by atoms with E-state index in [1.54, 1.807) is 0 Å². The highest BCUT2D eigenvalue weighted by Crippen LogP contribution is 2.38. The summed E-state index contributed by atoms with van der Waals surface area (Å²) in [6.07, 6.45) is 0. The Morgan fingerprint density at radius 2 is 1.52 bits per heavy atom. The summed E-state index contributed by atoms with van der Waals surface area (Å²) in [5.41, 5.74) is 10.4. The van der Waals surface area contributed by atoms with Crippen LogP contribution in [0.15, 0.2) is 54.6 Å². The van der Waals surface area contributed by atoms with Crippen LogP contribution in [0.1, 0.15) is 13.8 Å². The number of benzene rings is 2. The van der Waals surface area contributed by atoms with E-state index in [-0.39, 0.29) is 12.4 Å². The van der Waals surface area contributed by atoms with E-state index in [0.717, 1.165) is 46.6 Å². The first-order chi connectivity index (χ1) is 10.8. The minimum absolute atomic E-state index is 0. The van der Waals surface area contributed by atoms with Crippen molar-refractivity contribution >= 4 is 34.8 Å². The molecule has 2 aromatic carbocycles. The molecule has 23 heavy (non-hydrogen) atoms. The first kappa shape index (κ1) is 17.1. The van der Waals surface area contributed by atoms with E-state index < -0.39 is 0 Å². The average Bonchev–Trinajstić information content (AvgIpc) is 2.57. The van der Waals surface area contributed by atoms with Gasteiger partial charge in [0.25, 0.3) is 0 Å². The van der Waals surface area contributed by atoms with Crippen molar-refractivity contribution < 1.29 is 0 Å². The number of hydrogen-bond donors (Lipinski definition) is 1. The summed E-state index contributed by atoms with van der Waals surface area (Å²) in [5, 5.41) is 1.01. The number of fused-ring (bicyclic) bond motifs is 1. The van der Waals surface area contributed by atoms with E-state index >= 15 is 0 Å². The Morgan fingerprint density at radius 3 is 2.17 bits per heavy atom. The van der Waals surface area contributed by atoms with Crippen LogP contribution in [-0.4, -0.2) is 18.1 Å². The predicted octanol–water partition coefficient (Wildman–Crippen LogP) is 4.75. The maximum atomic E-state index is 6.53. The molecule has 3 aromatic rings. The zero-order valence-electron chi connectivity index (χ0n) is 13.5. The lowest BCUT2D eigenvalue weighted by Crippen LogP contribution is -2.24. The van der Waals surface area contributed by atoms with Crippen LogP contribution in [0, 0.1) is 0 Å². The number of anilines is 2. The Hall–Kier alpha value is -2.26. The van der Waals surface area contributed by atoms with Gasteiger partial charge >= 0.3 is 0 Å². The number of aromatic nitrogens is 1. The second kappa shape index (κ2) is 7.34. The number of pyridine rings is 1. The van der Waals surface area contributed by atoms with Crippen molar-refractivity contribution in [2.75, 3.05) is 23.7 Å². The van der Waals surface area contributed by atoms with Crippen molar-refractivity contribution in [2.45, 2.75) is 13.8 Å². The maximum Gasteiger partial charge on any atom is 0.139 e. The molecule has 0 aliphatic rings. The molecule has 0 radical (unpaired) electrons. The van der Waals surface area contributed by atoms with Gasteiger partial charge in [0.15, 0.2) is 0 Å². The van der Waals surface area contributed by atoms with Gasteiger partial charge in [-0.1, -0.05) is 48.5 Å². The fourth-order valence-electron chi connectivity index (χ4n) is 2.87. The third-order valence-electron chi connectivity index (χ3n) is 4.04. The van der Waals surface area contributed by atoms with Crippen molar-refractivity contribution in [3.8, 4) is 11.1 Å². The fraction of sp³-hybridized carbons (Fsp3) is 0.211. The van der Waals surface area contributed by atoms with E-state index in [1.807, 2.05) is 42.5 Å². The van der Waals surface area contributed by atoms with E-state index in [4.69, 9.17) is 10.7 Å². The molecule has 0 unspecified atom stereocenters. The highest BCUT2D eigenvalue weighted by molar-refractivity contribution is 6.02. The van der Waals surface area contributed by atoms with Crippen molar-refractivity contribution in [3.63, 3.8) is 0 Å². The number of nitrogen functional groups attached to an aromatic ring is 1. The van der Waals surface area contributed by atoms with E-state index in [1.165, 1.54) is 0 Å². The minimum Gasteiger partial charge on any atom is -0.398 e. The van der Waals surface area contributed by atoms with Gasteiger partial charge in [0, 0.05) is 24.0 Å². The predicted molar refractivity (Wildman–Crippen MR) is 102 cm³/mol. The quantitative estimate of drug-likeness (QED) is 0.751. The molecular formula is C19H22ClN3. The summed E-state index contributed by atoms with van der Waals surface area (Å²) in [6.45, 7) is 6.10. The molecule has 2 N–H and O–H groups in total. The Labute approximate surface area is 143 Å². The summed E-state index contributed by atoms with van der Waals surface area (Å²) in [7, 11) is 0. The Morgan fingerprint density at radius 1 is 0.913 bits per heavy atom. The second-order valence-corrected chi connectivity index (χ2v) is 5.28. The molecule has 3 nitrogen and oxygen atoms in total. The molecule has 0 spiro atoms. The third kappa shape index (κ3) is 3.10. The van der Waals surface area contributed by atoms with Crippen LogP contribution in [-0.2, 0) is 0 Å². The Balaban J connectivity index is 0.00000192. The molecular weight excluding hydrogens is 306 g/mol. The van der Waals surface area contributed by atoms with Crippen LogP contribution >= 0.6 is 12.4 Å². The molecule has 3 rings (SSSR count). The summed E-state index contributed by atoms with van der Waals surface area (Å²) in [4.78, 5) is 7.16. The topological polar surface area (TPSA) is 42.2 Å². The van der Waals surface area contributed by atoms with Crippen LogP contribution < -0.4 is 10.6 Å². The molecule has 0 bridgehead atoms. The summed E-state index contributed by atoms with van der Waals surface area (Å²) in [6, 6.07) is 18.3. The lowest BCUT2D eigenvalue weighted by molar-refractivity contribution is 0.851. The first-order valence-corrected chi connectivity index (χ1v) is 7.74. The van der Waals surface area contributed by atoms with Gasteiger partial charge in [-0.15, -0.1) is 12.4 Å². The zero-order chi connectivity index (χ0) is 15.5. The smallest absolute Gasteiger partial charge is 0.139 e. The second-order valence-electron chi connectivity index (χ2n) is 5.28. The number of hydrogen-bond acceptors (Lipinski definition) is 3. The van der Waals surface area contributed by atoms with Crippen molar-refractivity contribution in [1.29, 1.82) is 0 Å². The summed E-state index contributed by atoms with van der Waals surface area (Å²) < 4.78 is 0. The molecule has 0 saturated heterocycles. The highest BCUT2D eigenvalue weighted by atomic mass is 35.5. The standard InChI is InChI=1S/C19H21N3.ClH/c1-3-22(4-2)19-17(14-10-6-5-7-11-14)18(20)15-12-8-9-13-16(15)21-19;/h5-13H,3-4H2,1-2H3,(H2,20,21);1H. The van der Waals surface area contributed by atoms with Crippen LogP contribution in [0.25, 0.3) is 22.0 Å². The number of nitrogens with two attached hydrogens (primary N) is 1. The molecule has 0 amide bonds. The summed E-state index contributed by atoms with van der Waals surface area (Å²) >= 11 is 0. The normalized spacial score (nSPS) is 10.3. The monoisotopic (exact) mass is 327 g/mol. The largest absolute Gasteiger partial charge is 0.398 e. The molecule has 1 aromatic heterocycles. The molecule has 1 heterocycles. The van der Waals surface area contributed by atoms with Gasteiger partial charge in [-0.2, -0.15) is 0 Å². The molecule has 0 aliphatic carbocycles. The zero-order valence-corrected chi connectivity index (χ0v) is 14.3. The van der Waals surface area contributed by atoms with E-state index in [2.05, 4.69) is 30.9 Å². The van der Waals surface area contributed by atoms with Crippen LogP contribution in [0.3, 0.4) is 0 Å². The number of nitrogens with zero attached hydrogens (tertiary/aromatic N) is 2. The third-order valence-corrected chi connectivity index (χ3v) is 4.04. The molecule has 120 valence electrons. The molecule has 0 atom stereocenters. The lowest BCUT2D eigenvalue weighted by atomic mass is 10.0. The molecule has 0 aliphatic heterocycles. The number of rotatable bonds is 4. The van der Waals surface area contributed by atoms with Crippen molar-refractivity contribution in [3.05, 3.63) is 54.6 Å². The molecule has 0 fully saturated rings. The van der Waals surface area contributed by atoms with Gasteiger partial charge in [0.1, 0.15) is 5.82 Å². The SMILES string of the molecule is CCN(CC)c1nc2ccccc2c(N)c1-c1ccccc1.Cl. The van der Waals surface area contributed by atoms with Gasteiger partial charge in [-0.25, -0.2) is 4.98 Å². The average molecular weight is 328 g/mol. The van der Waals surface area contributed by atoms with E-state index in [9.17, 15) is 0 Å². The maximum absolute atomic E-state index is 6.53.